The summed E-state index contributed by atoms with van der Waals surface area (Å²) in [6, 6.07) is 8.40. The Hall–Kier alpha value is -2.38. The predicted octanol–water partition coefficient (Wildman–Crippen LogP) is 1.78. The van der Waals surface area contributed by atoms with Crippen LogP contribution in [0.3, 0.4) is 0 Å². The summed E-state index contributed by atoms with van der Waals surface area (Å²) in [5.41, 5.74) is 4.75. The Bertz CT molecular complexity index is 633. The van der Waals surface area contributed by atoms with E-state index in [4.69, 9.17) is 9.84 Å². The molecule has 0 spiro atoms. The van der Waals surface area contributed by atoms with Crippen molar-refractivity contribution >= 4 is 12.1 Å². The van der Waals surface area contributed by atoms with Gasteiger partial charge in [-0.25, -0.2) is 0 Å². The number of hydrogen-bond donors (Lipinski definition) is 0. The van der Waals surface area contributed by atoms with Crippen LogP contribution in [0.1, 0.15) is 11.1 Å². The zero-order chi connectivity index (χ0) is 14.4. The molecular formula is C14H14CoN3O3+3. The topological polar surface area (TPSA) is 92.9 Å². The molecule has 2 rings (SSSR count). The van der Waals surface area contributed by atoms with E-state index in [1.807, 2.05) is 0 Å². The Morgan fingerprint density at radius 1 is 1.33 bits per heavy atom. The van der Waals surface area contributed by atoms with E-state index >= 15 is 0 Å². The first-order valence-electron chi connectivity index (χ1n) is 5.81. The van der Waals surface area contributed by atoms with Crippen LogP contribution in [0.25, 0.3) is 5.43 Å². The predicted molar refractivity (Wildman–Crippen MR) is 77.3 cm³/mol. The Morgan fingerprint density at radius 3 is 2.71 bits per heavy atom. The van der Waals surface area contributed by atoms with Gasteiger partial charge in [-0.05, 0) is 24.3 Å². The van der Waals surface area contributed by atoms with Gasteiger partial charge in [-0.1, -0.05) is 6.07 Å². The van der Waals surface area contributed by atoms with Crippen LogP contribution in [0.5, 0.6) is 11.5 Å². The molecule has 0 aliphatic rings. The average molecular weight is 331 g/mol. The number of amides is 1. The fourth-order valence-electron chi connectivity index (χ4n) is 1.53. The summed E-state index contributed by atoms with van der Waals surface area (Å²) in [7, 11) is 1.50. The summed E-state index contributed by atoms with van der Waals surface area (Å²) in [4.78, 5) is 13.5. The van der Waals surface area contributed by atoms with Crippen LogP contribution in [-0.2, 0) is 16.8 Å². The maximum atomic E-state index is 9.71. The van der Waals surface area contributed by atoms with Gasteiger partial charge in [-0.3, -0.25) is 9.78 Å². The van der Waals surface area contributed by atoms with Crippen LogP contribution < -0.4 is 4.74 Å². The standard InChI is InChI=1S/C14H13N3O3.Co/c1-20-12-4-2-3-11(13(12)18)9-16-17-14(19)10-5-7-15-8-6-10;/h2-9H,1H3,(H2,15,16,17,18,19);/q;+2/p+1. The number of hydrogen-bond acceptors (Lipinski definition) is 3. The van der Waals surface area contributed by atoms with Gasteiger partial charge in [0.25, 0.3) is 5.91 Å². The Balaban J connectivity index is 0.00000220. The first-order valence-corrected chi connectivity index (χ1v) is 5.81. The third-order valence-electron chi connectivity index (χ3n) is 2.57. The number of aromatic nitrogens is 1. The zero-order valence-corrected chi connectivity index (χ0v) is 12.2. The summed E-state index contributed by atoms with van der Waals surface area (Å²) in [5, 5.41) is 11.6. The van der Waals surface area contributed by atoms with Crippen molar-refractivity contribution in [2.45, 2.75) is 0 Å². The molecule has 0 bridgehead atoms. The molecule has 1 heterocycles. The molecule has 2 aromatic rings. The van der Waals surface area contributed by atoms with Crippen LogP contribution in [0.2, 0.25) is 0 Å². The molecule has 0 aliphatic heterocycles. The number of para-hydroxylation sites is 1. The van der Waals surface area contributed by atoms with Gasteiger partial charge in [0.1, 0.15) is 0 Å². The first kappa shape index (κ1) is 16.7. The maximum absolute atomic E-state index is 9.71. The van der Waals surface area contributed by atoms with Gasteiger partial charge in [0.05, 0.1) is 18.2 Å². The zero-order valence-electron chi connectivity index (χ0n) is 11.1. The Morgan fingerprint density at radius 2 is 2.05 bits per heavy atom. The second kappa shape index (κ2) is 8.03. The third kappa shape index (κ3) is 4.30. The van der Waals surface area contributed by atoms with Crippen molar-refractivity contribution in [2.75, 3.05) is 7.11 Å². The third-order valence-corrected chi connectivity index (χ3v) is 2.57. The summed E-state index contributed by atoms with van der Waals surface area (Å²) in [6.07, 6.45) is 4.49. The van der Waals surface area contributed by atoms with Crippen molar-refractivity contribution in [3.05, 3.63) is 59.3 Å². The molecule has 1 radical (unpaired) electrons. The number of carbonyl (C=O) groups excluding carboxylic acids is 1. The SMILES string of the molecule is COc1cccc(C=N[N-]C(=[OH+])c2ccncc2)c1[OH2+].[Co+2]. The van der Waals surface area contributed by atoms with E-state index in [1.165, 1.54) is 13.3 Å². The molecule has 1 aromatic carbocycles. The van der Waals surface area contributed by atoms with Gasteiger partial charge in [0.15, 0.2) is 0 Å². The number of benzene rings is 1. The number of methoxy groups -OCH3 is 1. The summed E-state index contributed by atoms with van der Waals surface area (Å²) in [6.45, 7) is 0. The molecule has 109 valence electrons. The van der Waals surface area contributed by atoms with Gasteiger partial charge in [0.2, 0.25) is 5.75 Å². The number of rotatable bonds is 4. The maximum Gasteiger partial charge on any atom is 2.00 e. The molecule has 21 heavy (non-hydrogen) atoms. The van der Waals surface area contributed by atoms with E-state index in [0.717, 1.165) is 0 Å². The fraction of sp³-hybridized carbons (Fsp3) is 0.0714. The van der Waals surface area contributed by atoms with Crippen molar-refractivity contribution in [3.63, 3.8) is 0 Å². The van der Waals surface area contributed by atoms with E-state index in [-0.39, 0.29) is 28.4 Å². The summed E-state index contributed by atoms with van der Waals surface area (Å²) < 4.78 is 5.04. The van der Waals surface area contributed by atoms with Gasteiger partial charge in [0, 0.05) is 18.6 Å². The first-order chi connectivity index (χ1) is 9.72. The minimum atomic E-state index is -0.210. The van der Waals surface area contributed by atoms with E-state index in [0.29, 0.717) is 16.9 Å². The van der Waals surface area contributed by atoms with Gasteiger partial charge in [-0.2, -0.15) is 0 Å². The van der Waals surface area contributed by atoms with Crippen molar-refractivity contribution in [2.24, 2.45) is 5.10 Å². The number of pyridine rings is 1. The largest absolute Gasteiger partial charge is 2.00 e. The van der Waals surface area contributed by atoms with Crippen molar-refractivity contribution in [1.82, 2.24) is 4.98 Å². The van der Waals surface area contributed by atoms with Crippen molar-refractivity contribution in [3.8, 4) is 11.5 Å². The monoisotopic (exact) mass is 331 g/mol. The van der Waals surface area contributed by atoms with Crippen molar-refractivity contribution in [1.29, 1.82) is 0 Å². The quantitative estimate of drug-likeness (QED) is 0.485. The summed E-state index contributed by atoms with van der Waals surface area (Å²) >= 11 is 0. The fourth-order valence-corrected chi connectivity index (χ4v) is 1.53. The normalized spacial score (nSPS) is 9.95. The van der Waals surface area contributed by atoms with E-state index in [2.05, 4.69) is 15.5 Å². The summed E-state index contributed by atoms with van der Waals surface area (Å²) in [5.74, 6) is 0.465. The molecule has 0 fully saturated rings. The molecular weight excluding hydrogens is 317 g/mol. The Labute approximate surface area is 132 Å². The number of ether oxygens (including phenoxy) is 1. The van der Waals surface area contributed by atoms with Crippen LogP contribution in [0.15, 0.2) is 47.8 Å². The van der Waals surface area contributed by atoms with Crippen LogP contribution in [0.4, 0.5) is 0 Å². The molecule has 3 N–H and O–H groups in total. The Kier molecular flexibility index (Phi) is 6.37. The molecule has 0 saturated heterocycles. The van der Waals surface area contributed by atoms with Crippen molar-refractivity contribution < 1.29 is 31.4 Å². The molecule has 0 atom stereocenters. The molecule has 0 unspecified atom stereocenters. The second-order valence-electron chi connectivity index (χ2n) is 3.83. The van der Waals surface area contributed by atoms with Gasteiger partial charge >= 0.3 is 22.5 Å². The second-order valence-corrected chi connectivity index (χ2v) is 3.83. The van der Waals surface area contributed by atoms with Crippen LogP contribution >= 0.6 is 0 Å². The molecule has 1 amide bonds. The van der Waals surface area contributed by atoms with Gasteiger partial charge in [-0.15, -0.1) is 0 Å². The molecule has 6 nitrogen and oxygen atoms in total. The molecule has 7 heteroatoms. The molecule has 0 aliphatic carbocycles. The van der Waals surface area contributed by atoms with E-state index in [1.54, 1.807) is 42.7 Å². The number of nitrogens with zero attached hydrogens (tertiary/aromatic N) is 3. The average Bonchev–Trinajstić information content (AvgIpc) is 2.49. The minimum absolute atomic E-state index is 0. The van der Waals surface area contributed by atoms with E-state index in [9.17, 15) is 4.79 Å². The minimum Gasteiger partial charge on any atom is -0.590 e. The van der Waals surface area contributed by atoms with Crippen LogP contribution in [0, 0.1) is 0 Å². The smallest absolute Gasteiger partial charge is 0.590 e. The molecule has 0 saturated carbocycles. The van der Waals surface area contributed by atoms with Gasteiger partial charge < -0.3 is 20.4 Å². The van der Waals surface area contributed by atoms with E-state index < -0.39 is 0 Å². The van der Waals surface area contributed by atoms with Crippen LogP contribution in [-0.4, -0.2) is 34.1 Å². The molecule has 1 aromatic heterocycles.